The number of fused-ring (bicyclic) bond motifs is 2. The van der Waals surface area contributed by atoms with Gasteiger partial charge in [0, 0.05) is 24.5 Å². The summed E-state index contributed by atoms with van der Waals surface area (Å²) >= 11 is 0. The van der Waals surface area contributed by atoms with E-state index in [1.54, 1.807) is 0 Å². The molecule has 2 bridgehead atoms. The average molecular weight is 265 g/mol. The third-order valence-electron chi connectivity index (χ3n) is 4.39. The second kappa shape index (κ2) is 4.91. The van der Waals surface area contributed by atoms with Crippen molar-refractivity contribution in [3.05, 3.63) is 54.4 Å². The molecule has 0 saturated carbocycles. The summed E-state index contributed by atoms with van der Waals surface area (Å²) in [6.07, 6.45) is 11.3. The topological polar surface area (TPSA) is 29.9 Å². The fourth-order valence-corrected chi connectivity index (χ4v) is 3.39. The van der Waals surface area contributed by atoms with Crippen molar-refractivity contribution in [3.8, 4) is 5.69 Å². The third-order valence-corrected chi connectivity index (χ3v) is 4.39. The van der Waals surface area contributed by atoms with Crippen molar-refractivity contribution in [2.75, 3.05) is 0 Å². The lowest BCUT2D eigenvalue weighted by Crippen LogP contribution is -2.44. The van der Waals surface area contributed by atoms with E-state index in [1.165, 1.54) is 30.4 Å². The summed E-state index contributed by atoms with van der Waals surface area (Å²) in [6, 6.07) is 12.0. The van der Waals surface area contributed by atoms with E-state index >= 15 is 0 Å². The van der Waals surface area contributed by atoms with Crippen molar-refractivity contribution in [3.63, 3.8) is 0 Å². The summed E-state index contributed by atoms with van der Waals surface area (Å²) in [5.74, 6) is 0. The first-order valence-corrected chi connectivity index (χ1v) is 7.46. The Balaban J connectivity index is 1.61. The molecule has 3 heteroatoms. The van der Waals surface area contributed by atoms with Crippen molar-refractivity contribution in [2.24, 2.45) is 0 Å². The monoisotopic (exact) mass is 265 g/mol. The maximum Gasteiger partial charge on any atom is 0.0645 e. The predicted molar refractivity (Wildman–Crippen MR) is 80.7 cm³/mol. The fraction of sp³-hybridized carbons (Fsp3) is 0.353. The minimum atomic E-state index is 0.586. The van der Waals surface area contributed by atoms with E-state index in [0.717, 1.165) is 12.1 Å². The van der Waals surface area contributed by atoms with Crippen LogP contribution >= 0.6 is 0 Å². The molecule has 3 heterocycles. The van der Waals surface area contributed by atoms with Crippen molar-refractivity contribution < 1.29 is 0 Å². The molecule has 4 rings (SSSR count). The van der Waals surface area contributed by atoms with Gasteiger partial charge in [0.25, 0.3) is 0 Å². The largest absolute Gasteiger partial charge is 0.307 e. The standard InChI is InChI=1S/C17H19N3/c1-3-15-11-14(12-16(4-1)19-15)13-5-7-17(8-6-13)20-10-2-9-18-20/h2,5-11,15-16,19H,1,3-4,12H2. The van der Waals surface area contributed by atoms with Crippen LogP contribution in [0, 0.1) is 0 Å². The number of nitrogens with one attached hydrogen (secondary N) is 1. The fourth-order valence-electron chi connectivity index (χ4n) is 3.39. The van der Waals surface area contributed by atoms with E-state index < -0.39 is 0 Å². The van der Waals surface area contributed by atoms with Crippen LogP contribution in [0.1, 0.15) is 31.2 Å². The van der Waals surface area contributed by atoms with E-state index in [-0.39, 0.29) is 0 Å². The first-order chi connectivity index (χ1) is 9.88. The molecule has 2 aliphatic heterocycles. The highest BCUT2D eigenvalue weighted by atomic mass is 15.3. The predicted octanol–water partition coefficient (Wildman–Crippen LogP) is 3.17. The Morgan fingerprint density at radius 2 is 2.05 bits per heavy atom. The Morgan fingerprint density at radius 3 is 2.80 bits per heavy atom. The van der Waals surface area contributed by atoms with E-state index in [9.17, 15) is 0 Å². The van der Waals surface area contributed by atoms with Crippen LogP contribution in [0.2, 0.25) is 0 Å². The van der Waals surface area contributed by atoms with Gasteiger partial charge in [0.15, 0.2) is 0 Å². The molecule has 3 nitrogen and oxygen atoms in total. The van der Waals surface area contributed by atoms with Gasteiger partial charge in [0.2, 0.25) is 0 Å². The lowest BCUT2D eigenvalue weighted by Gasteiger charge is -2.35. The lowest BCUT2D eigenvalue weighted by atomic mass is 9.85. The van der Waals surface area contributed by atoms with Crippen LogP contribution in [0.25, 0.3) is 11.3 Å². The van der Waals surface area contributed by atoms with Crippen molar-refractivity contribution in [1.29, 1.82) is 0 Å². The van der Waals surface area contributed by atoms with Crippen molar-refractivity contribution >= 4 is 5.57 Å². The molecule has 2 unspecified atom stereocenters. The van der Waals surface area contributed by atoms with Gasteiger partial charge in [-0.3, -0.25) is 0 Å². The maximum atomic E-state index is 4.27. The molecular formula is C17H19N3. The lowest BCUT2D eigenvalue weighted by molar-refractivity contribution is 0.348. The Hall–Kier alpha value is -1.87. The summed E-state index contributed by atoms with van der Waals surface area (Å²) in [5.41, 5.74) is 3.98. The summed E-state index contributed by atoms with van der Waals surface area (Å²) in [5, 5.41) is 7.96. The van der Waals surface area contributed by atoms with Crippen molar-refractivity contribution in [1.82, 2.24) is 15.1 Å². The smallest absolute Gasteiger partial charge is 0.0645 e. The number of piperidine rings is 1. The molecule has 20 heavy (non-hydrogen) atoms. The molecular weight excluding hydrogens is 246 g/mol. The second-order valence-electron chi connectivity index (χ2n) is 5.79. The molecule has 1 aromatic carbocycles. The molecule has 1 saturated heterocycles. The molecule has 2 aliphatic rings. The highest BCUT2D eigenvalue weighted by molar-refractivity contribution is 5.68. The number of nitrogens with zero attached hydrogens (tertiary/aromatic N) is 2. The molecule has 2 aromatic rings. The number of rotatable bonds is 2. The van der Waals surface area contributed by atoms with Gasteiger partial charge >= 0.3 is 0 Å². The summed E-state index contributed by atoms with van der Waals surface area (Å²) in [6.45, 7) is 0. The van der Waals surface area contributed by atoms with E-state index in [2.05, 4.69) is 40.8 Å². The van der Waals surface area contributed by atoms with Crippen LogP contribution in [0.4, 0.5) is 0 Å². The van der Waals surface area contributed by atoms with Crippen LogP contribution in [0.5, 0.6) is 0 Å². The van der Waals surface area contributed by atoms with Crippen LogP contribution < -0.4 is 5.32 Å². The Morgan fingerprint density at radius 1 is 1.15 bits per heavy atom. The molecule has 0 amide bonds. The van der Waals surface area contributed by atoms with Gasteiger partial charge in [-0.05, 0) is 48.6 Å². The molecule has 0 spiro atoms. The first kappa shape index (κ1) is 11.9. The molecule has 1 fully saturated rings. The maximum absolute atomic E-state index is 4.27. The van der Waals surface area contributed by atoms with Gasteiger partial charge in [-0.15, -0.1) is 0 Å². The van der Waals surface area contributed by atoms with Gasteiger partial charge in [-0.2, -0.15) is 5.10 Å². The van der Waals surface area contributed by atoms with Crippen LogP contribution in [-0.2, 0) is 0 Å². The summed E-state index contributed by atoms with van der Waals surface area (Å²) in [7, 11) is 0. The number of hydrogen-bond acceptors (Lipinski definition) is 2. The summed E-state index contributed by atoms with van der Waals surface area (Å²) < 4.78 is 1.90. The van der Waals surface area contributed by atoms with Crippen molar-refractivity contribution in [2.45, 2.75) is 37.8 Å². The highest BCUT2D eigenvalue weighted by Gasteiger charge is 2.25. The Labute approximate surface area is 119 Å². The van der Waals surface area contributed by atoms with Gasteiger partial charge < -0.3 is 5.32 Å². The van der Waals surface area contributed by atoms with Gasteiger partial charge in [-0.1, -0.05) is 24.6 Å². The minimum Gasteiger partial charge on any atom is -0.307 e. The second-order valence-corrected chi connectivity index (χ2v) is 5.79. The number of aromatic nitrogens is 2. The Bertz CT molecular complexity index is 610. The van der Waals surface area contributed by atoms with Crippen LogP contribution in [0.3, 0.4) is 0 Å². The van der Waals surface area contributed by atoms with Crippen LogP contribution in [-0.4, -0.2) is 21.9 Å². The minimum absolute atomic E-state index is 0.586. The highest BCUT2D eigenvalue weighted by Crippen LogP contribution is 2.31. The molecule has 102 valence electrons. The zero-order valence-corrected chi connectivity index (χ0v) is 11.5. The third kappa shape index (κ3) is 2.18. The first-order valence-electron chi connectivity index (χ1n) is 7.46. The van der Waals surface area contributed by atoms with Crippen LogP contribution in [0.15, 0.2) is 48.8 Å². The van der Waals surface area contributed by atoms with Gasteiger partial charge in [0.1, 0.15) is 0 Å². The quantitative estimate of drug-likeness (QED) is 0.904. The van der Waals surface area contributed by atoms with Gasteiger partial charge in [-0.25, -0.2) is 4.68 Å². The SMILES string of the molecule is C1=C(c2ccc(-n3cccn3)cc2)CC2CCCC1N2. The molecule has 1 N–H and O–H groups in total. The molecule has 0 aliphatic carbocycles. The average Bonchev–Trinajstić information content (AvgIpc) is 3.01. The van der Waals surface area contributed by atoms with E-state index in [1.807, 2.05) is 23.1 Å². The molecule has 2 atom stereocenters. The number of hydrogen-bond donors (Lipinski definition) is 1. The zero-order chi connectivity index (χ0) is 13.4. The Kier molecular flexibility index (Phi) is 2.92. The van der Waals surface area contributed by atoms with Gasteiger partial charge in [0.05, 0.1) is 5.69 Å². The zero-order valence-electron chi connectivity index (χ0n) is 11.5. The summed E-state index contributed by atoms with van der Waals surface area (Å²) in [4.78, 5) is 0. The molecule has 1 aromatic heterocycles. The van der Waals surface area contributed by atoms with E-state index in [0.29, 0.717) is 12.1 Å². The molecule has 0 radical (unpaired) electrons. The van der Waals surface area contributed by atoms with E-state index in [4.69, 9.17) is 0 Å². The number of benzene rings is 1. The normalized spacial score (nSPS) is 25.3.